The molecular weight excluding hydrogens is 402 g/mol. The Hall–Kier alpha value is -3.10. The third-order valence-corrected chi connectivity index (χ3v) is 5.09. The molecule has 28 heavy (non-hydrogen) atoms. The van der Waals surface area contributed by atoms with Crippen LogP contribution in [-0.2, 0) is 4.79 Å². The Bertz CT molecular complexity index is 1010. The van der Waals surface area contributed by atoms with Crippen molar-refractivity contribution in [3.8, 4) is 5.75 Å². The summed E-state index contributed by atoms with van der Waals surface area (Å²) in [5.41, 5.74) is 1.43. The molecule has 0 radical (unpaired) electrons. The molecule has 1 N–H and O–H groups in total. The quantitative estimate of drug-likeness (QED) is 0.447. The first-order valence-electron chi connectivity index (χ1n) is 8.00. The molecular formula is C19H14ClN3O4S. The van der Waals surface area contributed by atoms with Crippen LogP contribution in [0.5, 0.6) is 5.75 Å². The molecule has 1 heterocycles. The molecule has 2 aromatic rings. The maximum atomic E-state index is 12.2. The standard InChI is InChI=1S/C19H14ClN3O4S/c1-22(14-6-8-16(24)9-7-14)19-21-18(25)17(28-19)11-13(20)10-12-2-4-15(5-3-12)23(26)27/h2-11,24H,1H3/b13-10-,17-11-. The van der Waals surface area contributed by atoms with Gasteiger partial charge in [-0.25, -0.2) is 0 Å². The Morgan fingerprint density at radius 2 is 1.86 bits per heavy atom. The number of anilines is 1. The number of allylic oxidation sites excluding steroid dienone is 2. The number of carbonyl (C=O) groups is 1. The number of nitro groups is 1. The Labute approximate surface area is 169 Å². The van der Waals surface area contributed by atoms with Crippen LogP contribution in [-0.4, -0.2) is 28.2 Å². The van der Waals surface area contributed by atoms with Gasteiger partial charge >= 0.3 is 0 Å². The van der Waals surface area contributed by atoms with E-state index in [2.05, 4.69) is 4.99 Å². The largest absolute Gasteiger partial charge is 0.508 e. The van der Waals surface area contributed by atoms with Crippen molar-refractivity contribution in [3.05, 3.63) is 80.2 Å². The Morgan fingerprint density at radius 3 is 2.46 bits per heavy atom. The van der Waals surface area contributed by atoms with E-state index in [1.807, 2.05) is 0 Å². The highest BCUT2D eigenvalue weighted by atomic mass is 35.5. The molecule has 142 valence electrons. The topological polar surface area (TPSA) is 96.0 Å². The molecule has 1 amide bonds. The van der Waals surface area contributed by atoms with Crippen molar-refractivity contribution in [3.63, 3.8) is 0 Å². The van der Waals surface area contributed by atoms with Gasteiger partial charge in [-0.2, -0.15) is 4.99 Å². The third kappa shape index (κ3) is 4.59. The van der Waals surface area contributed by atoms with Gasteiger partial charge in [0.05, 0.1) is 9.83 Å². The Kier molecular flexibility index (Phi) is 5.81. The van der Waals surface area contributed by atoms with Crippen molar-refractivity contribution in [2.75, 3.05) is 11.9 Å². The van der Waals surface area contributed by atoms with E-state index in [0.717, 1.165) is 5.69 Å². The summed E-state index contributed by atoms with van der Waals surface area (Å²) in [7, 11) is 1.77. The molecule has 0 atom stereocenters. The number of non-ortho nitro benzene ring substituents is 1. The van der Waals surface area contributed by atoms with Gasteiger partial charge in [-0.3, -0.25) is 14.9 Å². The summed E-state index contributed by atoms with van der Waals surface area (Å²) in [6.07, 6.45) is 3.12. The summed E-state index contributed by atoms with van der Waals surface area (Å²) >= 11 is 7.40. The lowest BCUT2D eigenvalue weighted by atomic mass is 10.2. The number of aliphatic imine (C=N–C) groups is 1. The van der Waals surface area contributed by atoms with Gasteiger partial charge in [0.1, 0.15) is 5.75 Å². The maximum absolute atomic E-state index is 12.2. The average molecular weight is 416 g/mol. The smallest absolute Gasteiger partial charge is 0.286 e. The first kappa shape index (κ1) is 19.7. The minimum atomic E-state index is -0.478. The predicted molar refractivity (Wildman–Crippen MR) is 112 cm³/mol. The van der Waals surface area contributed by atoms with E-state index in [1.54, 1.807) is 54.4 Å². The second-order valence-corrected chi connectivity index (χ2v) is 7.21. The van der Waals surface area contributed by atoms with Crippen molar-refractivity contribution in [1.29, 1.82) is 0 Å². The number of carbonyl (C=O) groups excluding carboxylic acids is 1. The van der Waals surface area contributed by atoms with Crippen molar-refractivity contribution in [2.24, 2.45) is 4.99 Å². The van der Waals surface area contributed by atoms with Crippen molar-refractivity contribution >= 4 is 51.9 Å². The molecule has 7 nitrogen and oxygen atoms in total. The summed E-state index contributed by atoms with van der Waals surface area (Å²) in [5, 5.41) is 20.9. The second kappa shape index (κ2) is 8.28. The number of thioether (sulfide) groups is 1. The molecule has 9 heteroatoms. The average Bonchev–Trinajstić information content (AvgIpc) is 3.02. The molecule has 0 bridgehead atoms. The van der Waals surface area contributed by atoms with Crippen molar-refractivity contribution in [1.82, 2.24) is 0 Å². The predicted octanol–water partition coefficient (Wildman–Crippen LogP) is 4.53. The van der Waals surface area contributed by atoms with E-state index in [0.29, 0.717) is 20.7 Å². The molecule has 0 saturated heterocycles. The van der Waals surface area contributed by atoms with Crippen molar-refractivity contribution < 1.29 is 14.8 Å². The number of phenols is 1. The van der Waals surface area contributed by atoms with E-state index in [4.69, 9.17) is 11.6 Å². The maximum Gasteiger partial charge on any atom is 0.286 e. The highest BCUT2D eigenvalue weighted by molar-refractivity contribution is 8.18. The monoisotopic (exact) mass is 415 g/mol. The lowest BCUT2D eigenvalue weighted by molar-refractivity contribution is -0.384. The summed E-state index contributed by atoms with van der Waals surface area (Å²) in [6, 6.07) is 12.4. The van der Waals surface area contributed by atoms with Crippen LogP contribution in [0.4, 0.5) is 11.4 Å². The normalized spacial score (nSPS) is 15.6. The number of phenolic OH excluding ortho intramolecular Hbond substituents is 1. The van der Waals surface area contributed by atoms with Crippen LogP contribution in [0.1, 0.15) is 5.56 Å². The number of benzene rings is 2. The highest BCUT2D eigenvalue weighted by Gasteiger charge is 2.25. The zero-order valence-electron chi connectivity index (χ0n) is 14.6. The summed E-state index contributed by atoms with van der Waals surface area (Å²) in [5.74, 6) is -0.251. The fourth-order valence-electron chi connectivity index (χ4n) is 2.35. The van der Waals surface area contributed by atoms with Gasteiger partial charge < -0.3 is 10.0 Å². The van der Waals surface area contributed by atoms with Gasteiger partial charge in [0, 0.05) is 29.9 Å². The summed E-state index contributed by atoms with van der Waals surface area (Å²) < 4.78 is 0. The van der Waals surface area contributed by atoms with E-state index in [9.17, 15) is 20.0 Å². The summed E-state index contributed by atoms with van der Waals surface area (Å²) in [4.78, 5) is 28.5. The van der Waals surface area contributed by atoms with Crippen LogP contribution >= 0.6 is 23.4 Å². The molecule has 0 saturated carbocycles. The molecule has 2 aromatic carbocycles. The number of nitrogens with zero attached hydrogens (tertiary/aromatic N) is 3. The van der Waals surface area contributed by atoms with Crippen LogP contribution in [0.2, 0.25) is 0 Å². The van der Waals surface area contributed by atoms with Gasteiger partial charge in [0.25, 0.3) is 11.6 Å². The SMILES string of the molecule is CN(C1=NC(=O)/C(=C/C(Cl)=C/c2ccc([N+](=O)[O-])cc2)S1)c1ccc(O)cc1. The van der Waals surface area contributed by atoms with Crippen LogP contribution in [0, 0.1) is 10.1 Å². The number of halogens is 1. The second-order valence-electron chi connectivity index (χ2n) is 5.76. The van der Waals surface area contributed by atoms with Gasteiger partial charge in [-0.1, -0.05) is 11.6 Å². The lowest BCUT2D eigenvalue weighted by Gasteiger charge is -2.17. The number of amidine groups is 1. The fraction of sp³-hybridized carbons (Fsp3) is 0.0526. The molecule has 0 fully saturated rings. The number of rotatable bonds is 4. The van der Waals surface area contributed by atoms with Crippen LogP contribution < -0.4 is 4.90 Å². The number of hydrogen-bond donors (Lipinski definition) is 1. The molecule has 1 aliphatic heterocycles. The minimum absolute atomic E-state index is 0.0107. The zero-order valence-corrected chi connectivity index (χ0v) is 16.1. The first-order chi connectivity index (χ1) is 13.3. The fourth-order valence-corrected chi connectivity index (χ4v) is 3.53. The molecule has 0 spiro atoms. The number of aromatic hydroxyl groups is 1. The molecule has 3 rings (SSSR count). The van der Waals surface area contributed by atoms with E-state index in [-0.39, 0.29) is 11.4 Å². The Morgan fingerprint density at radius 1 is 1.21 bits per heavy atom. The zero-order chi connectivity index (χ0) is 20.3. The number of nitro benzene ring substituents is 1. The number of amides is 1. The third-order valence-electron chi connectivity index (χ3n) is 3.81. The van der Waals surface area contributed by atoms with Gasteiger partial charge in [-0.05, 0) is 65.9 Å². The van der Waals surface area contributed by atoms with Crippen LogP contribution in [0.3, 0.4) is 0 Å². The minimum Gasteiger partial charge on any atom is -0.508 e. The number of hydrogen-bond acceptors (Lipinski definition) is 6. The Balaban J connectivity index is 1.73. The van der Waals surface area contributed by atoms with Gasteiger partial charge in [0.15, 0.2) is 5.17 Å². The van der Waals surface area contributed by atoms with Crippen LogP contribution in [0.25, 0.3) is 6.08 Å². The van der Waals surface area contributed by atoms with E-state index >= 15 is 0 Å². The van der Waals surface area contributed by atoms with Crippen LogP contribution in [0.15, 0.2) is 69.5 Å². The van der Waals surface area contributed by atoms with E-state index < -0.39 is 10.8 Å². The first-order valence-corrected chi connectivity index (χ1v) is 9.20. The molecule has 0 aromatic heterocycles. The molecule has 0 aliphatic carbocycles. The highest BCUT2D eigenvalue weighted by Crippen LogP contribution is 2.32. The lowest BCUT2D eigenvalue weighted by Crippen LogP contribution is -2.21. The van der Waals surface area contributed by atoms with Gasteiger partial charge in [0.2, 0.25) is 0 Å². The van der Waals surface area contributed by atoms with Crippen molar-refractivity contribution in [2.45, 2.75) is 0 Å². The molecule has 1 aliphatic rings. The summed E-state index contributed by atoms with van der Waals surface area (Å²) in [6.45, 7) is 0. The van der Waals surface area contributed by atoms with Gasteiger partial charge in [-0.15, -0.1) is 0 Å². The van der Waals surface area contributed by atoms with E-state index in [1.165, 1.54) is 30.0 Å². The molecule has 0 unspecified atom stereocenters.